The molecule has 1 saturated carbocycles. The Hall–Kier alpha value is -2.90. The van der Waals surface area contributed by atoms with Crippen LogP contribution in [0.1, 0.15) is 36.0 Å². The molecular weight excluding hydrogens is 336 g/mol. The third kappa shape index (κ3) is 4.19. The molecule has 1 N–H and O–H groups in total. The SMILES string of the molecule is COc1ncccc1C(=O)NC1CCC(Oc2nccnc2OC)CC1. The fraction of sp³-hybridized carbons (Fsp3) is 0.444. The Labute approximate surface area is 151 Å². The molecule has 2 aromatic rings. The minimum atomic E-state index is -0.171. The fourth-order valence-electron chi connectivity index (χ4n) is 3.01. The van der Waals surface area contributed by atoms with Crippen LogP contribution in [0, 0.1) is 0 Å². The molecule has 2 aromatic heterocycles. The lowest BCUT2D eigenvalue weighted by Gasteiger charge is -2.29. The normalized spacial score (nSPS) is 19.5. The summed E-state index contributed by atoms with van der Waals surface area (Å²) < 4.78 is 16.2. The number of amides is 1. The second-order valence-corrected chi connectivity index (χ2v) is 6.00. The topological polar surface area (TPSA) is 95.5 Å². The number of nitrogens with one attached hydrogen (secondary N) is 1. The van der Waals surface area contributed by atoms with E-state index in [0.717, 1.165) is 25.7 Å². The second kappa shape index (κ2) is 8.46. The Balaban J connectivity index is 1.53. The van der Waals surface area contributed by atoms with Gasteiger partial charge in [-0.15, -0.1) is 0 Å². The van der Waals surface area contributed by atoms with E-state index in [0.29, 0.717) is 23.2 Å². The maximum Gasteiger partial charge on any atom is 0.278 e. The van der Waals surface area contributed by atoms with Crippen molar-refractivity contribution < 1.29 is 19.0 Å². The van der Waals surface area contributed by atoms with Crippen molar-refractivity contribution in [2.24, 2.45) is 0 Å². The summed E-state index contributed by atoms with van der Waals surface area (Å²) in [5, 5.41) is 3.05. The largest absolute Gasteiger partial charge is 0.480 e. The Kier molecular flexibility index (Phi) is 5.83. The van der Waals surface area contributed by atoms with E-state index in [1.807, 2.05) is 0 Å². The summed E-state index contributed by atoms with van der Waals surface area (Å²) in [6.07, 6.45) is 8.03. The van der Waals surface area contributed by atoms with E-state index in [2.05, 4.69) is 20.3 Å². The summed E-state index contributed by atoms with van der Waals surface area (Å²) in [7, 11) is 3.04. The van der Waals surface area contributed by atoms with Crippen molar-refractivity contribution in [2.45, 2.75) is 37.8 Å². The first-order valence-electron chi connectivity index (χ1n) is 8.52. The van der Waals surface area contributed by atoms with Gasteiger partial charge in [0, 0.05) is 24.6 Å². The number of rotatable bonds is 6. The van der Waals surface area contributed by atoms with Crippen molar-refractivity contribution in [1.29, 1.82) is 0 Å². The highest BCUT2D eigenvalue weighted by molar-refractivity contribution is 5.96. The van der Waals surface area contributed by atoms with Crippen LogP contribution in [0.2, 0.25) is 0 Å². The van der Waals surface area contributed by atoms with Gasteiger partial charge in [-0.1, -0.05) is 0 Å². The second-order valence-electron chi connectivity index (χ2n) is 6.00. The molecule has 0 spiro atoms. The third-order valence-electron chi connectivity index (χ3n) is 4.32. The zero-order chi connectivity index (χ0) is 18.4. The first kappa shape index (κ1) is 17.9. The van der Waals surface area contributed by atoms with Crippen molar-refractivity contribution in [1.82, 2.24) is 20.3 Å². The standard InChI is InChI=1S/C18H22N4O4/c1-24-16-14(4-3-9-19-16)15(23)22-12-5-7-13(8-6-12)26-18-17(25-2)20-10-11-21-18/h3-4,9-13H,5-8H2,1-2H3,(H,22,23). The molecule has 8 nitrogen and oxygen atoms in total. The first-order chi connectivity index (χ1) is 12.7. The number of pyridine rings is 1. The van der Waals surface area contributed by atoms with Crippen molar-refractivity contribution in [3.05, 3.63) is 36.3 Å². The molecule has 0 radical (unpaired) electrons. The summed E-state index contributed by atoms with van der Waals surface area (Å²) in [5.41, 5.74) is 0.442. The highest BCUT2D eigenvalue weighted by Gasteiger charge is 2.26. The molecule has 3 rings (SSSR count). The maximum atomic E-state index is 12.5. The molecule has 1 amide bonds. The lowest BCUT2D eigenvalue weighted by Crippen LogP contribution is -2.40. The molecule has 0 bridgehead atoms. The van der Waals surface area contributed by atoms with Crippen LogP contribution in [-0.2, 0) is 0 Å². The van der Waals surface area contributed by atoms with E-state index < -0.39 is 0 Å². The van der Waals surface area contributed by atoms with Crippen LogP contribution < -0.4 is 19.5 Å². The summed E-state index contributed by atoms with van der Waals surface area (Å²) in [5.74, 6) is 0.945. The summed E-state index contributed by atoms with van der Waals surface area (Å²) in [6, 6.07) is 3.52. The first-order valence-corrected chi connectivity index (χ1v) is 8.52. The van der Waals surface area contributed by atoms with Crippen LogP contribution in [0.4, 0.5) is 0 Å². The van der Waals surface area contributed by atoms with Crippen molar-refractivity contribution in [2.75, 3.05) is 14.2 Å². The fourth-order valence-corrected chi connectivity index (χ4v) is 3.01. The highest BCUT2D eigenvalue weighted by Crippen LogP contribution is 2.27. The Morgan fingerprint density at radius 2 is 1.62 bits per heavy atom. The van der Waals surface area contributed by atoms with E-state index in [1.54, 1.807) is 30.7 Å². The average Bonchev–Trinajstić information content (AvgIpc) is 2.69. The minimum Gasteiger partial charge on any atom is -0.480 e. The lowest BCUT2D eigenvalue weighted by molar-refractivity contribution is 0.0883. The minimum absolute atomic E-state index is 0.0293. The molecule has 1 aliphatic rings. The summed E-state index contributed by atoms with van der Waals surface area (Å²) in [6.45, 7) is 0. The Morgan fingerprint density at radius 3 is 2.31 bits per heavy atom. The summed E-state index contributed by atoms with van der Waals surface area (Å²) >= 11 is 0. The van der Waals surface area contributed by atoms with Gasteiger partial charge in [0.25, 0.3) is 17.7 Å². The van der Waals surface area contributed by atoms with E-state index in [4.69, 9.17) is 14.2 Å². The molecule has 26 heavy (non-hydrogen) atoms. The van der Waals surface area contributed by atoms with Gasteiger partial charge in [0.1, 0.15) is 11.7 Å². The van der Waals surface area contributed by atoms with Gasteiger partial charge >= 0.3 is 0 Å². The molecular formula is C18H22N4O4. The summed E-state index contributed by atoms with van der Waals surface area (Å²) in [4.78, 5) is 24.8. The highest BCUT2D eigenvalue weighted by atomic mass is 16.5. The smallest absolute Gasteiger partial charge is 0.278 e. The van der Waals surface area contributed by atoms with Gasteiger partial charge < -0.3 is 19.5 Å². The molecule has 0 saturated heterocycles. The number of carbonyl (C=O) groups excluding carboxylic acids is 1. The molecule has 0 aromatic carbocycles. The molecule has 0 aliphatic heterocycles. The zero-order valence-electron chi connectivity index (χ0n) is 14.8. The van der Waals surface area contributed by atoms with Gasteiger partial charge in [0.15, 0.2) is 0 Å². The number of ether oxygens (including phenoxy) is 3. The molecule has 138 valence electrons. The molecule has 1 aliphatic carbocycles. The number of methoxy groups -OCH3 is 2. The molecule has 8 heteroatoms. The van der Waals surface area contributed by atoms with Crippen molar-refractivity contribution >= 4 is 5.91 Å². The quantitative estimate of drug-likeness (QED) is 0.844. The monoisotopic (exact) mass is 358 g/mol. The Morgan fingerprint density at radius 1 is 0.962 bits per heavy atom. The Bertz CT molecular complexity index is 747. The predicted molar refractivity (Wildman–Crippen MR) is 93.5 cm³/mol. The lowest BCUT2D eigenvalue weighted by atomic mass is 9.92. The van der Waals surface area contributed by atoms with Gasteiger partial charge in [-0.25, -0.2) is 15.0 Å². The van der Waals surface area contributed by atoms with Crippen LogP contribution in [0.5, 0.6) is 17.6 Å². The molecule has 2 heterocycles. The van der Waals surface area contributed by atoms with E-state index in [-0.39, 0.29) is 18.1 Å². The van der Waals surface area contributed by atoms with Crippen molar-refractivity contribution in [3.8, 4) is 17.6 Å². The van der Waals surface area contributed by atoms with Crippen LogP contribution in [0.25, 0.3) is 0 Å². The predicted octanol–water partition coefficient (Wildman–Crippen LogP) is 2.01. The number of carbonyl (C=O) groups is 1. The van der Waals surface area contributed by atoms with Gasteiger partial charge in [0.05, 0.1) is 14.2 Å². The van der Waals surface area contributed by atoms with Gasteiger partial charge in [0.2, 0.25) is 5.88 Å². The van der Waals surface area contributed by atoms with Crippen LogP contribution in [0.15, 0.2) is 30.7 Å². The third-order valence-corrected chi connectivity index (χ3v) is 4.32. The van der Waals surface area contributed by atoms with Crippen LogP contribution in [0.3, 0.4) is 0 Å². The maximum absolute atomic E-state index is 12.5. The van der Waals surface area contributed by atoms with Crippen LogP contribution >= 0.6 is 0 Å². The number of aromatic nitrogens is 3. The average molecular weight is 358 g/mol. The van der Waals surface area contributed by atoms with Gasteiger partial charge in [-0.05, 0) is 37.8 Å². The van der Waals surface area contributed by atoms with Crippen LogP contribution in [-0.4, -0.2) is 47.2 Å². The van der Waals surface area contributed by atoms with Gasteiger partial charge in [-0.3, -0.25) is 4.79 Å². The number of hydrogen-bond donors (Lipinski definition) is 1. The molecule has 0 unspecified atom stereocenters. The van der Waals surface area contributed by atoms with E-state index in [9.17, 15) is 4.79 Å². The molecule has 1 fully saturated rings. The number of nitrogens with zero attached hydrogens (tertiary/aromatic N) is 3. The van der Waals surface area contributed by atoms with Gasteiger partial charge in [-0.2, -0.15) is 0 Å². The number of hydrogen-bond acceptors (Lipinski definition) is 7. The van der Waals surface area contributed by atoms with Crippen molar-refractivity contribution in [3.63, 3.8) is 0 Å². The zero-order valence-corrected chi connectivity index (χ0v) is 14.8. The molecule has 0 atom stereocenters. The van der Waals surface area contributed by atoms with E-state index >= 15 is 0 Å². The van der Waals surface area contributed by atoms with E-state index in [1.165, 1.54) is 14.2 Å².